The van der Waals surface area contributed by atoms with Crippen LogP contribution in [0.1, 0.15) is 24.2 Å². The predicted molar refractivity (Wildman–Crippen MR) is 81.3 cm³/mol. The molecule has 0 spiro atoms. The number of esters is 2. The van der Waals surface area contributed by atoms with E-state index >= 15 is 0 Å². The van der Waals surface area contributed by atoms with E-state index in [4.69, 9.17) is 21.6 Å². The molecule has 0 amide bonds. The Morgan fingerprint density at radius 3 is 2.64 bits per heavy atom. The van der Waals surface area contributed by atoms with Gasteiger partial charge in [0, 0.05) is 6.21 Å². The standard InChI is InChI=1S/C15H15ClN2O4/c1-9(2)22-14(19)10(7-17)8-18-12-6-4-5-11(13(12)16)15(20)21-3/h4-6,8-10H,1-3H3. The third-order valence-corrected chi connectivity index (χ3v) is 2.89. The zero-order chi connectivity index (χ0) is 16.7. The van der Waals surface area contributed by atoms with E-state index in [1.165, 1.54) is 13.2 Å². The van der Waals surface area contributed by atoms with Gasteiger partial charge >= 0.3 is 11.9 Å². The molecule has 0 aliphatic heterocycles. The van der Waals surface area contributed by atoms with Crippen LogP contribution in [0.2, 0.25) is 5.02 Å². The molecule has 1 aromatic rings. The highest BCUT2D eigenvalue weighted by Crippen LogP contribution is 2.28. The van der Waals surface area contributed by atoms with Crippen molar-refractivity contribution in [2.24, 2.45) is 10.9 Å². The predicted octanol–water partition coefficient (Wildman–Crippen LogP) is 2.92. The van der Waals surface area contributed by atoms with Gasteiger partial charge in [-0.2, -0.15) is 5.26 Å². The molecule has 0 N–H and O–H groups in total. The van der Waals surface area contributed by atoms with Crippen molar-refractivity contribution in [2.45, 2.75) is 20.0 Å². The summed E-state index contributed by atoms with van der Waals surface area (Å²) in [5, 5.41) is 9.07. The highest BCUT2D eigenvalue weighted by Gasteiger charge is 2.19. The number of nitriles is 1. The van der Waals surface area contributed by atoms with Gasteiger partial charge in [-0.05, 0) is 26.0 Å². The Labute approximate surface area is 133 Å². The zero-order valence-corrected chi connectivity index (χ0v) is 13.1. The van der Waals surface area contributed by atoms with Gasteiger partial charge in [0.15, 0.2) is 5.92 Å². The fourth-order valence-electron chi connectivity index (χ4n) is 1.49. The maximum Gasteiger partial charge on any atom is 0.339 e. The summed E-state index contributed by atoms with van der Waals surface area (Å²) in [6.45, 7) is 3.36. The molecule has 1 aromatic carbocycles. The Bertz CT molecular complexity index is 635. The SMILES string of the molecule is COC(=O)c1cccc(N=CC(C#N)C(=O)OC(C)C)c1Cl. The summed E-state index contributed by atoms with van der Waals surface area (Å²) in [5.74, 6) is -2.44. The molecular weight excluding hydrogens is 308 g/mol. The topological polar surface area (TPSA) is 88.8 Å². The van der Waals surface area contributed by atoms with Gasteiger partial charge < -0.3 is 9.47 Å². The van der Waals surface area contributed by atoms with Crippen molar-refractivity contribution in [1.29, 1.82) is 5.26 Å². The molecule has 0 aliphatic carbocycles. The van der Waals surface area contributed by atoms with Crippen molar-refractivity contribution in [3.63, 3.8) is 0 Å². The highest BCUT2D eigenvalue weighted by molar-refractivity contribution is 6.36. The number of benzene rings is 1. The van der Waals surface area contributed by atoms with Gasteiger partial charge in [-0.1, -0.05) is 17.7 Å². The van der Waals surface area contributed by atoms with Gasteiger partial charge in [0.1, 0.15) is 0 Å². The molecule has 0 fully saturated rings. The number of methoxy groups -OCH3 is 1. The summed E-state index contributed by atoms with van der Waals surface area (Å²) < 4.78 is 9.54. The third kappa shape index (κ3) is 4.57. The molecule has 0 saturated heterocycles. The maximum absolute atomic E-state index is 11.7. The molecule has 0 aromatic heterocycles. The van der Waals surface area contributed by atoms with Gasteiger partial charge in [-0.3, -0.25) is 9.79 Å². The number of aliphatic imine (C=N–C) groups is 1. The lowest BCUT2D eigenvalue weighted by molar-refractivity contribution is -0.148. The van der Waals surface area contributed by atoms with Crippen LogP contribution < -0.4 is 0 Å². The van der Waals surface area contributed by atoms with Gasteiger partial charge in [0.25, 0.3) is 0 Å². The van der Waals surface area contributed by atoms with E-state index in [9.17, 15) is 9.59 Å². The van der Waals surface area contributed by atoms with Crippen molar-refractivity contribution < 1.29 is 19.1 Å². The lowest BCUT2D eigenvalue weighted by Gasteiger charge is -2.09. The molecule has 6 nitrogen and oxygen atoms in total. The first kappa shape index (κ1) is 17.7. The van der Waals surface area contributed by atoms with Gasteiger partial charge in [-0.25, -0.2) is 4.79 Å². The van der Waals surface area contributed by atoms with E-state index in [-0.39, 0.29) is 22.4 Å². The fourth-order valence-corrected chi connectivity index (χ4v) is 1.75. The number of nitrogens with zero attached hydrogens (tertiary/aromatic N) is 2. The lowest BCUT2D eigenvalue weighted by atomic mass is 10.2. The van der Waals surface area contributed by atoms with Gasteiger partial charge in [0.2, 0.25) is 0 Å². The Morgan fingerprint density at radius 1 is 1.41 bits per heavy atom. The second-order valence-corrected chi connectivity index (χ2v) is 4.88. The largest absolute Gasteiger partial charge is 0.465 e. The van der Waals surface area contributed by atoms with Crippen molar-refractivity contribution in [3.8, 4) is 6.07 Å². The van der Waals surface area contributed by atoms with Crippen molar-refractivity contribution in [3.05, 3.63) is 28.8 Å². The fraction of sp³-hybridized carbons (Fsp3) is 0.333. The van der Waals surface area contributed by atoms with E-state index in [0.717, 1.165) is 6.21 Å². The lowest BCUT2D eigenvalue weighted by Crippen LogP contribution is -2.20. The molecule has 1 atom stereocenters. The number of halogens is 1. The third-order valence-electron chi connectivity index (χ3n) is 2.49. The minimum Gasteiger partial charge on any atom is -0.465 e. The van der Waals surface area contributed by atoms with Crippen LogP contribution in [0, 0.1) is 17.2 Å². The van der Waals surface area contributed by atoms with Gasteiger partial charge in [0.05, 0.1) is 35.6 Å². The summed E-state index contributed by atoms with van der Waals surface area (Å²) in [7, 11) is 1.24. The molecule has 7 heteroatoms. The summed E-state index contributed by atoms with van der Waals surface area (Å²) >= 11 is 6.06. The first-order chi connectivity index (χ1) is 10.4. The Balaban J connectivity index is 3.01. The van der Waals surface area contributed by atoms with Crippen LogP contribution in [0.25, 0.3) is 0 Å². The Hall–Kier alpha value is -2.39. The monoisotopic (exact) mass is 322 g/mol. The minimum absolute atomic E-state index is 0.0829. The summed E-state index contributed by atoms with van der Waals surface area (Å²) in [6.07, 6.45) is 0.801. The molecule has 0 bridgehead atoms. The van der Waals surface area contributed by atoms with Crippen LogP contribution in [0.3, 0.4) is 0 Å². The van der Waals surface area contributed by atoms with Crippen molar-refractivity contribution in [1.82, 2.24) is 0 Å². The molecule has 0 aliphatic rings. The molecular formula is C15H15ClN2O4. The molecule has 1 unspecified atom stereocenters. The van der Waals surface area contributed by atoms with Crippen LogP contribution >= 0.6 is 11.6 Å². The maximum atomic E-state index is 11.7. The van der Waals surface area contributed by atoms with Gasteiger partial charge in [-0.15, -0.1) is 0 Å². The number of carbonyl (C=O) groups is 2. The smallest absolute Gasteiger partial charge is 0.339 e. The van der Waals surface area contributed by atoms with Crippen LogP contribution in [-0.4, -0.2) is 31.4 Å². The van der Waals surface area contributed by atoms with Crippen molar-refractivity contribution >= 4 is 35.4 Å². The van der Waals surface area contributed by atoms with E-state index in [1.807, 2.05) is 0 Å². The number of ether oxygens (including phenoxy) is 2. The van der Waals surface area contributed by atoms with E-state index in [0.29, 0.717) is 0 Å². The number of rotatable bonds is 5. The molecule has 22 heavy (non-hydrogen) atoms. The van der Waals surface area contributed by atoms with Crippen molar-refractivity contribution in [2.75, 3.05) is 7.11 Å². The molecule has 1 rings (SSSR count). The summed E-state index contributed by atoms with van der Waals surface area (Å²) in [5.41, 5.74) is 0.402. The van der Waals surface area contributed by atoms with E-state index in [2.05, 4.69) is 9.73 Å². The second-order valence-electron chi connectivity index (χ2n) is 4.50. The normalized spacial score (nSPS) is 12.0. The molecule has 0 heterocycles. The Morgan fingerprint density at radius 2 is 2.09 bits per heavy atom. The average molecular weight is 323 g/mol. The molecule has 0 saturated carbocycles. The number of hydrogen-bond acceptors (Lipinski definition) is 6. The zero-order valence-electron chi connectivity index (χ0n) is 12.4. The first-order valence-electron chi connectivity index (χ1n) is 6.41. The summed E-state index contributed by atoms with van der Waals surface area (Å²) in [4.78, 5) is 27.2. The quantitative estimate of drug-likeness (QED) is 0.614. The van der Waals surface area contributed by atoms with Crippen LogP contribution in [0.4, 0.5) is 5.69 Å². The second kappa shape index (κ2) is 8.15. The number of carbonyl (C=O) groups excluding carboxylic acids is 2. The van der Waals surface area contributed by atoms with E-state index in [1.54, 1.807) is 32.0 Å². The molecule has 116 valence electrons. The first-order valence-corrected chi connectivity index (χ1v) is 6.79. The summed E-state index contributed by atoms with van der Waals surface area (Å²) in [6, 6.07) is 6.39. The Kier molecular flexibility index (Phi) is 6.54. The van der Waals surface area contributed by atoms with Crippen LogP contribution in [0.15, 0.2) is 23.2 Å². The van der Waals surface area contributed by atoms with Crippen LogP contribution in [-0.2, 0) is 14.3 Å². The van der Waals surface area contributed by atoms with E-state index < -0.39 is 17.9 Å². The average Bonchev–Trinajstić information content (AvgIpc) is 2.47. The minimum atomic E-state index is -1.15. The molecule has 0 radical (unpaired) electrons. The highest BCUT2D eigenvalue weighted by atomic mass is 35.5. The van der Waals surface area contributed by atoms with Crippen LogP contribution in [0.5, 0.6) is 0 Å². The number of hydrogen-bond donors (Lipinski definition) is 0.